The standard InChI is InChI=1S/C10H10N4/c1-14(2)8-3-4-12-9-7(5-11)6-13-10(8)9/h3-4,6,13H,1-2H3. The number of hydrogen-bond donors (Lipinski definition) is 1. The van der Waals surface area contributed by atoms with Crippen molar-refractivity contribution in [3.05, 3.63) is 24.0 Å². The topological polar surface area (TPSA) is 55.7 Å². The fraction of sp³-hybridized carbons (Fsp3) is 0.200. The number of nitriles is 1. The van der Waals surface area contributed by atoms with Gasteiger partial charge in [0, 0.05) is 26.5 Å². The van der Waals surface area contributed by atoms with Crippen LogP contribution in [0.15, 0.2) is 18.5 Å². The summed E-state index contributed by atoms with van der Waals surface area (Å²) in [4.78, 5) is 9.22. The molecule has 2 heterocycles. The van der Waals surface area contributed by atoms with Crippen LogP contribution in [0, 0.1) is 11.3 Å². The summed E-state index contributed by atoms with van der Waals surface area (Å²) in [7, 11) is 3.92. The minimum atomic E-state index is 0.587. The molecule has 4 heteroatoms. The second-order valence-corrected chi connectivity index (χ2v) is 3.26. The second-order valence-electron chi connectivity index (χ2n) is 3.26. The van der Waals surface area contributed by atoms with E-state index in [1.807, 2.05) is 25.1 Å². The van der Waals surface area contributed by atoms with Crippen molar-refractivity contribution in [1.29, 1.82) is 5.26 Å². The minimum Gasteiger partial charge on any atom is -0.376 e. The number of fused-ring (bicyclic) bond motifs is 1. The summed E-state index contributed by atoms with van der Waals surface area (Å²) in [6.07, 6.45) is 3.40. The molecule has 0 saturated heterocycles. The van der Waals surface area contributed by atoms with E-state index >= 15 is 0 Å². The molecule has 0 aliphatic heterocycles. The second kappa shape index (κ2) is 3.04. The average Bonchev–Trinajstić information content (AvgIpc) is 2.59. The van der Waals surface area contributed by atoms with Gasteiger partial charge in [0.15, 0.2) is 0 Å². The van der Waals surface area contributed by atoms with E-state index in [2.05, 4.69) is 16.0 Å². The van der Waals surface area contributed by atoms with E-state index in [4.69, 9.17) is 5.26 Å². The molecular weight excluding hydrogens is 176 g/mol. The summed E-state index contributed by atoms with van der Waals surface area (Å²) in [6, 6.07) is 4.02. The van der Waals surface area contributed by atoms with Gasteiger partial charge in [-0.3, -0.25) is 4.98 Å². The normalized spacial score (nSPS) is 10.1. The van der Waals surface area contributed by atoms with Gasteiger partial charge in [-0.1, -0.05) is 0 Å². The van der Waals surface area contributed by atoms with Gasteiger partial charge in [-0.2, -0.15) is 5.26 Å². The summed E-state index contributed by atoms with van der Waals surface area (Å²) in [5.41, 5.74) is 3.27. The molecule has 2 aromatic rings. The molecule has 0 bridgehead atoms. The molecule has 70 valence electrons. The molecule has 0 amide bonds. The predicted octanol–water partition coefficient (Wildman–Crippen LogP) is 1.50. The van der Waals surface area contributed by atoms with Crippen LogP contribution < -0.4 is 4.90 Å². The van der Waals surface area contributed by atoms with Crippen molar-refractivity contribution >= 4 is 16.7 Å². The molecule has 4 nitrogen and oxygen atoms in total. The Balaban J connectivity index is 2.78. The number of rotatable bonds is 1. The van der Waals surface area contributed by atoms with Crippen molar-refractivity contribution in [1.82, 2.24) is 9.97 Å². The SMILES string of the molecule is CN(C)c1ccnc2c(C#N)c[nH]c12. The largest absolute Gasteiger partial charge is 0.376 e. The molecule has 0 fully saturated rings. The number of nitrogens with one attached hydrogen (secondary N) is 1. The Morgan fingerprint density at radius 3 is 2.93 bits per heavy atom. The van der Waals surface area contributed by atoms with E-state index in [1.165, 1.54) is 0 Å². The number of aromatic nitrogens is 2. The molecule has 0 unspecified atom stereocenters. The molecule has 0 saturated carbocycles. The molecule has 0 aliphatic rings. The first-order chi connectivity index (χ1) is 6.74. The first-order valence-electron chi connectivity index (χ1n) is 4.27. The molecule has 2 aromatic heterocycles. The summed E-state index contributed by atoms with van der Waals surface area (Å²) in [5, 5.41) is 8.83. The predicted molar refractivity (Wildman–Crippen MR) is 55.1 cm³/mol. The Kier molecular flexibility index (Phi) is 1.86. The van der Waals surface area contributed by atoms with Gasteiger partial charge in [0.05, 0.1) is 16.8 Å². The van der Waals surface area contributed by atoms with Crippen molar-refractivity contribution in [3.63, 3.8) is 0 Å². The number of hydrogen-bond acceptors (Lipinski definition) is 3. The first-order valence-corrected chi connectivity index (χ1v) is 4.27. The van der Waals surface area contributed by atoms with Crippen molar-refractivity contribution in [2.75, 3.05) is 19.0 Å². The third-order valence-electron chi connectivity index (χ3n) is 2.15. The zero-order valence-corrected chi connectivity index (χ0v) is 8.07. The molecule has 1 N–H and O–H groups in total. The molecule has 0 spiro atoms. The van der Waals surface area contributed by atoms with Gasteiger partial charge in [-0.25, -0.2) is 0 Å². The molecule has 14 heavy (non-hydrogen) atoms. The smallest absolute Gasteiger partial charge is 0.108 e. The summed E-state index contributed by atoms with van der Waals surface area (Å²) in [6.45, 7) is 0. The van der Waals surface area contributed by atoms with Crippen LogP contribution in [-0.4, -0.2) is 24.1 Å². The Morgan fingerprint density at radius 2 is 2.29 bits per heavy atom. The van der Waals surface area contributed by atoms with E-state index in [9.17, 15) is 0 Å². The van der Waals surface area contributed by atoms with E-state index < -0.39 is 0 Å². The van der Waals surface area contributed by atoms with Crippen molar-refractivity contribution in [2.45, 2.75) is 0 Å². The molecule has 0 aliphatic carbocycles. The minimum absolute atomic E-state index is 0.587. The number of aromatic amines is 1. The van der Waals surface area contributed by atoms with Gasteiger partial charge in [-0.15, -0.1) is 0 Å². The highest BCUT2D eigenvalue weighted by molar-refractivity contribution is 5.91. The third-order valence-corrected chi connectivity index (χ3v) is 2.15. The van der Waals surface area contributed by atoms with Gasteiger partial charge < -0.3 is 9.88 Å². The molecular formula is C10H10N4. The maximum Gasteiger partial charge on any atom is 0.108 e. The van der Waals surface area contributed by atoms with Crippen LogP contribution in [0.4, 0.5) is 5.69 Å². The van der Waals surface area contributed by atoms with E-state index in [0.717, 1.165) is 16.7 Å². The van der Waals surface area contributed by atoms with Crippen LogP contribution in [0.1, 0.15) is 5.56 Å². The Hall–Kier alpha value is -2.02. The van der Waals surface area contributed by atoms with E-state index in [-0.39, 0.29) is 0 Å². The lowest BCUT2D eigenvalue weighted by molar-refractivity contribution is 1.13. The molecule has 2 rings (SSSR count). The number of H-pyrrole nitrogens is 1. The Bertz CT molecular complexity index is 504. The molecule has 0 atom stereocenters. The van der Waals surface area contributed by atoms with Crippen molar-refractivity contribution in [3.8, 4) is 6.07 Å². The van der Waals surface area contributed by atoms with Crippen LogP contribution in [0.5, 0.6) is 0 Å². The fourth-order valence-corrected chi connectivity index (χ4v) is 1.47. The highest BCUT2D eigenvalue weighted by Crippen LogP contribution is 2.24. The molecule has 0 radical (unpaired) electrons. The van der Waals surface area contributed by atoms with Gasteiger partial charge in [0.1, 0.15) is 11.6 Å². The zero-order valence-electron chi connectivity index (χ0n) is 8.07. The summed E-state index contributed by atoms with van der Waals surface area (Å²) in [5.74, 6) is 0. The monoisotopic (exact) mass is 186 g/mol. The number of pyridine rings is 1. The number of nitrogens with zero attached hydrogens (tertiary/aromatic N) is 3. The zero-order chi connectivity index (χ0) is 10.1. The quantitative estimate of drug-likeness (QED) is 0.734. The van der Waals surface area contributed by atoms with Crippen LogP contribution in [0.25, 0.3) is 11.0 Å². The highest BCUT2D eigenvalue weighted by Gasteiger charge is 2.08. The maximum absolute atomic E-state index is 8.83. The lowest BCUT2D eigenvalue weighted by Crippen LogP contribution is -2.09. The lowest BCUT2D eigenvalue weighted by atomic mass is 10.2. The first kappa shape index (κ1) is 8.57. The van der Waals surface area contributed by atoms with Crippen LogP contribution in [0.3, 0.4) is 0 Å². The number of anilines is 1. The van der Waals surface area contributed by atoms with Gasteiger partial charge in [0.2, 0.25) is 0 Å². The van der Waals surface area contributed by atoms with Gasteiger partial charge >= 0.3 is 0 Å². The summed E-state index contributed by atoms with van der Waals surface area (Å²) < 4.78 is 0. The van der Waals surface area contributed by atoms with Crippen LogP contribution in [-0.2, 0) is 0 Å². The van der Waals surface area contributed by atoms with Gasteiger partial charge in [0.25, 0.3) is 0 Å². The Labute approximate surface area is 81.8 Å². The molecule has 0 aromatic carbocycles. The summed E-state index contributed by atoms with van der Waals surface area (Å²) >= 11 is 0. The van der Waals surface area contributed by atoms with Gasteiger partial charge in [-0.05, 0) is 6.07 Å². The van der Waals surface area contributed by atoms with Crippen LogP contribution in [0.2, 0.25) is 0 Å². The van der Waals surface area contributed by atoms with Crippen LogP contribution >= 0.6 is 0 Å². The maximum atomic E-state index is 8.83. The lowest BCUT2D eigenvalue weighted by Gasteiger charge is -2.12. The van der Waals surface area contributed by atoms with Crippen molar-refractivity contribution < 1.29 is 0 Å². The fourth-order valence-electron chi connectivity index (χ4n) is 1.47. The third kappa shape index (κ3) is 1.11. The van der Waals surface area contributed by atoms with E-state index in [1.54, 1.807) is 12.4 Å². The van der Waals surface area contributed by atoms with Crippen molar-refractivity contribution in [2.24, 2.45) is 0 Å². The Morgan fingerprint density at radius 1 is 1.50 bits per heavy atom. The average molecular weight is 186 g/mol. The highest BCUT2D eigenvalue weighted by atomic mass is 15.1. The van der Waals surface area contributed by atoms with E-state index in [0.29, 0.717) is 5.56 Å².